The van der Waals surface area contributed by atoms with E-state index in [1.165, 1.54) is 24.4 Å². The summed E-state index contributed by atoms with van der Waals surface area (Å²) in [4.78, 5) is 8.18. The summed E-state index contributed by atoms with van der Waals surface area (Å²) >= 11 is 0. The number of nitrogens with one attached hydrogen (secondary N) is 1. The maximum Gasteiger partial charge on any atom is 0.213 e. The monoisotopic (exact) mass is 426 g/mol. The van der Waals surface area contributed by atoms with E-state index in [1.54, 1.807) is 12.1 Å². The second-order valence-corrected chi connectivity index (χ2v) is 6.84. The smallest absolute Gasteiger partial charge is 0.213 e. The van der Waals surface area contributed by atoms with Crippen molar-refractivity contribution in [3.8, 4) is 22.8 Å². The molecule has 0 aliphatic carbocycles. The molecule has 0 saturated carbocycles. The summed E-state index contributed by atoms with van der Waals surface area (Å²) in [5.74, 6) is -0.628. The summed E-state index contributed by atoms with van der Waals surface area (Å²) in [6.07, 6.45) is 3.47. The Morgan fingerprint density at radius 2 is 1.84 bits per heavy atom. The Labute approximate surface area is 176 Å². The molecular formula is C21H20F2N6O2. The Morgan fingerprint density at radius 1 is 1.03 bits per heavy atom. The van der Waals surface area contributed by atoms with Crippen LogP contribution in [0.25, 0.3) is 22.3 Å². The molecular weight excluding hydrogens is 406 g/mol. The van der Waals surface area contributed by atoms with Gasteiger partial charge in [0, 0.05) is 23.9 Å². The Kier molecular flexibility index (Phi) is 5.87. The first-order chi connectivity index (χ1) is 15.0. The number of rotatable bonds is 8. The Bertz CT molecular complexity index is 1170. The third-order valence-corrected chi connectivity index (χ3v) is 4.61. The lowest BCUT2D eigenvalue weighted by molar-refractivity contribution is 0.295. The molecule has 3 N–H and O–H groups in total. The summed E-state index contributed by atoms with van der Waals surface area (Å²) < 4.78 is 40.4. The van der Waals surface area contributed by atoms with E-state index < -0.39 is 11.6 Å². The van der Waals surface area contributed by atoms with Gasteiger partial charge in [-0.2, -0.15) is 10.3 Å². The Morgan fingerprint density at radius 3 is 2.55 bits per heavy atom. The van der Waals surface area contributed by atoms with E-state index in [0.29, 0.717) is 29.1 Å². The Balaban J connectivity index is 1.51. The standard InChI is InChI=1S/C21H20F2N6O2/c1-2-3-6-30-19-5-4-12(10-25-19)13-7-15(22)14(16(23)8-13)11-31-17-9-18(24)26-21-20(17)27-29-28-21/h4-5,7-10H,2-3,6,11H2,1H3,(H3,24,26,27,28,29). The number of anilines is 1. The molecule has 0 saturated heterocycles. The fourth-order valence-electron chi connectivity index (χ4n) is 2.95. The van der Waals surface area contributed by atoms with Crippen molar-refractivity contribution in [2.75, 3.05) is 12.3 Å². The lowest BCUT2D eigenvalue weighted by atomic mass is 10.0. The third-order valence-electron chi connectivity index (χ3n) is 4.61. The van der Waals surface area contributed by atoms with E-state index in [2.05, 4.69) is 32.3 Å². The molecule has 0 fully saturated rings. The van der Waals surface area contributed by atoms with Gasteiger partial charge in [-0.3, -0.25) is 0 Å². The summed E-state index contributed by atoms with van der Waals surface area (Å²) in [5, 5.41) is 10.2. The fraction of sp³-hybridized carbons (Fsp3) is 0.238. The van der Waals surface area contributed by atoms with Crippen LogP contribution in [0, 0.1) is 11.6 Å². The molecule has 3 heterocycles. The van der Waals surface area contributed by atoms with E-state index in [0.717, 1.165) is 12.8 Å². The van der Waals surface area contributed by atoms with Crippen LogP contribution in [0.2, 0.25) is 0 Å². The first kappa shape index (κ1) is 20.5. The van der Waals surface area contributed by atoms with Crippen molar-refractivity contribution >= 4 is 17.0 Å². The van der Waals surface area contributed by atoms with E-state index in [4.69, 9.17) is 15.2 Å². The van der Waals surface area contributed by atoms with Gasteiger partial charge < -0.3 is 15.2 Å². The van der Waals surface area contributed by atoms with Gasteiger partial charge in [-0.25, -0.2) is 18.7 Å². The number of nitrogens with two attached hydrogens (primary N) is 1. The molecule has 8 nitrogen and oxygen atoms in total. The lowest BCUT2D eigenvalue weighted by Gasteiger charge is -2.11. The number of aromatic nitrogens is 5. The highest BCUT2D eigenvalue weighted by atomic mass is 19.1. The molecule has 31 heavy (non-hydrogen) atoms. The predicted molar refractivity (Wildman–Crippen MR) is 110 cm³/mol. The quantitative estimate of drug-likeness (QED) is 0.409. The van der Waals surface area contributed by atoms with E-state index in [9.17, 15) is 8.78 Å². The van der Waals surface area contributed by atoms with E-state index in [-0.39, 0.29) is 29.4 Å². The van der Waals surface area contributed by atoms with Gasteiger partial charge in [0.05, 0.1) is 12.2 Å². The minimum Gasteiger partial charge on any atom is -0.486 e. The largest absolute Gasteiger partial charge is 0.486 e. The topological polar surface area (TPSA) is 112 Å². The maximum absolute atomic E-state index is 14.7. The summed E-state index contributed by atoms with van der Waals surface area (Å²) in [7, 11) is 0. The van der Waals surface area contributed by atoms with Gasteiger partial charge in [-0.1, -0.05) is 13.3 Å². The molecule has 160 valence electrons. The molecule has 0 radical (unpaired) electrons. The van der Waals surface area contributed by atoms with Gasteiger partial charge in [0.1, 0.15) is 24.1 Å². The van der Waals surface area contributed by atoms with Crippen LogP contribution in [-0.4, -0.2) is 32.0 Å². The van der Waals surface area contributed by atoms with Crippen molar-refractivity contribution in [3.63, 3.8) is 0 Å². The number of pyridine rings is 2. The number of ether oxygens (including phenoxy) is 2. The van der Waals surface area contributed by atoms with Gasteiger partial charge in [0.2, 0.25) is 11.5 Å². The van der Waals surface area contributed by atoms with Gasteiger partial charge in [-0.05, 0) is 30.2 Å². The van der Waals surface area contributed by atoms with Gasteiger partial charge in [-0.15, -0.1) is 5.10 Å². The maximum atomic E-state index is 14.7. The van der Waals surface area contributed by atoms with E-state index >= 15 is 0 Å². The average molecular weight is 426 g/mol. The molecule has 1 aromatic carbocycles. The molecule has 3 aromatic heterocycles. The van der Waals surface area contributed by atoms with Crippen LogP contribution >= 0.6 is 0 Å². The molecule has 0 aliphatic rings. The zero-order valence-corrected chi connectivity index (χ0v) is 16.7. The van der Waals surface area contributed by atoms with Crippen LogP contribution in [-0.2, 0) is 6.61 Å². The van der Waals surface area contributed by atoms with Crippen molar-refractivity contribution in [3.05, 3.63) is 53.7 Å². The van der Waals surface area contributed by atoms with Crippen molar-refractivity contribution in [1.29, 1.82) is 0 Å². The summed E-state index contributed by atoms with van der Waals surface area (Å²) in [6.45, 7) is 2.29. The molecule has 0 spiro atoms. The predicted octanol–water partition coefficient (Wildman–Crippen LogP) is 4.03. The van der Waals surface area contributed by atoms with Crippen molar-refractivity contribution in [2.45, 2.75) is 26.4 Å². The highest BCUT2D eigenvalue weighted by Gasteiger charge is 2.16. The Hall–Kier alpha value is -3.82. The second kappa shape index (κ2) is 8.90. The normalized spacial score (nSPS) is 11.1. The summed E-state index contributed by atoms with van der Waals surface area (Å²) in [6, 6.07) is 7.28. The highest BCUT2D eigenvalue weighted by Crippen LogP contribution is 2.28. The van der Waals surface area contributed by atoms with Crippen LogP contribution in [0.4, 0.5) is 14.6 Å². The molecule has 4 aromatic rings. The number of H-pyrrole nitrogens is 1. The minimum atomic E-state index is -0.739. The number of nitrogen functional groups attached to an aromatic ring is 1. The molecule has 10 heteroatoms. The zero-order valence-electron chi connectivity index (χ0n) is 16.7. The molecule has 0 atom stereocenters. The van der Waals surface area contributed by atoms with Crippen molar-refractivity contribution in [2.24, 2.45) is 0 Å². The lowest BCUT2D eigenvalue weighted by Crippen LogP contribution is -2.04. The highest BCUT2D eigenvalue weighted by molar-refractivity contribution is 5.78. The first-order valence-electron chi connectivity index (χ1n) is 9.72. The number of aromatic amines is 1. The number of benzene rings is 1. The number of fused-ring (bicyclic) bond motifs is 1. The SMILES string of the molecule is CCCCOc1ccc(-c2cc(F)c(COc3cc(N)nc4n[nH]nc34)c(F)c2)cn1. The van der Waals surface area contributed by atoms with Crippen LogP contribution in [0.15, 0.2) is 36.5 Å². The minimum absolute atomic E-state index is 0.155. The first-order valence-corrected chi connectivity index (χ1v) is 9.72. The zero-order chi connectivity index (χ0) is 21.8. The third kappa shape index (κ3) is 4.52. The molecule has 0 aliphatic heterocycles. The fourth-order valence-corrected chi connectivity index (χ4v) is 2.95. The molecule has 0 bridgehead atoms. The van der Waals surface area contributed by atoms with E-state index in [1.807, 2.05) is 0 Å². The van der Waals surface area contributed by atoms with Crippen LogP contribution in [0.5, 0.6) is 11.6 Å². The molecule has 0 unspecified atom stereocenters. The number of hydrogen-bond acceptors (Lipinski definition) is 7. The number of unbranched alkanes of at least 4 members (excludes halogenated alkanes) is 1. The van der Waals surface area contributed by atoms with Crippen molar-refractivity contribution in [1.82, 2.24) is 25.4 Å². The van der Waals surface area contributed by atoms with Gasteiger partial charge in [0.25, 0.3) is 0 Å². The molecule has 4 rings (SSSR count). The molecule has 0 amide bonds. The second-order valence-electron chi connectivity index (χ2n) is 6.84. The van der Waals surface area contributed by atoms with Crippen LogP contribution in [0.1, 0.15) is 25.3 Å². The van der Waals surface area contributed by atoms with Gasteiger partial charge >= 0.3 is 0 Å². The number of nitrogens with zero attached hydrogens (tertiary/aromatic N) is 4. The number of hydrogen-bond donors (Lipinski definition) is 2. The average Bonchev–Trinajstić information content (AvgIpc) is 3.22. The number of halogens is 2. The van der Waals surface area contributed by atoms with Crippen LogP contribution in [0.3, 0.4) is 0 Å². The van der Waals surface area contributed by atoms with Crippen molar-refractivity contribution < 1.29 is 18.3 Å². The summed E-state index contributed by atoms with van der Waals surface area (Å²) in [5.41, 5.74) is 6.98. The van der Waals surface area contributed by atoms with Crippen LogP contribution < -0.4 is 15.2 Å². The van der Waals surface area contributed by atoms with Gasteiger partial charge in [0.15, 0.2) is 11.3 Å².